The Labute approximate surface area is 155 Å². The van der Waals surface area contributed by atoms with Crippen LogP contribution in [0.25, 0.3) is 0 Å². The molecule has 0 spiro atoms. The minimum Gasteiger partial charge on any atom is -0.373 e. The lowest BCUT2D eigenvalue weighted by atomic mass is 10.2. The van der Waals surface area contributed by atoms with Crippen LogP contribution < -0.4 is 5.32 Å². The highest BCUT2D eigenvalue weighted by Gasteiger charge is 2.24. The van der Waals surface area contributed by atoms with Crippen molar-refractivity contribution >= 4 is 28.8 Å². The van der Waals surface area contributed by atoms with E-state index >= 15 is 0 Å². The van der Waals surface area contributed by atoms with Crippen LogP contribution >= 0.6 is 22.9 Å². The first kappa shape index (κ1) is 18.2. The molecule has 1 amide bonds. The van der Waals surface area contributed by atoms with E-state index < -0.39 is 0 Å². The van der Waals surface area contributed by atoms with Crippen molar-refractivity contribution in [3.05, 3.63) is 27.2 Å². The van der Waals surface area contributed by atoms with E-state index in [9.17, 15) is 4.79 Å². The SMILES string of the molecule is C[C@@H]1CN(Cc2nnnn2CC(=O)NCc2ccc(Cl)s2)C[C@H](C)O1. The largest absolute Gasteiger partial charge is 0.373 e. The molecule has 1 aliphatic rings. The first-order valence-corrected chi connectivity index (χ1v) is 9.33. The number of halogens is 1. The summed E-state index contributed by atoms with van der Waals surface area (Å²) in [5.74, 6) is 0.539. The van der Waals surface area contributed by atoms with Crippen LogP contribution in [0.3, 0.4) is 0 Å². The number of ether oxygens (including phenoxy) is 1. The molecule has 2 aromatic rings. The number of hydrogen-bond acceptors (Lipinski definition) is 7. The Balaban J connectivity index is 1.53. The van der Waals surface area contributed by atoms with E-state index in [0.717, 1.165) is 18.0 Å². The lowest BCUT2D eigenvalue weighted by Gasteiger charge is -2.34. The molecule has 25 heavy (non-hydrogen) atoms. The minimum atomic E-state index is -0.137. The van der Waals surface area contributed by atoms with Gasteiger partial charge in [0.1, 0.15) is 6.54 Å². The summed E-state index contributed by atoms with van der Waals surface area (Å²) in [6.07, 6.45) is 0.350. The number of rotatable bonds is 6. The fourth-order valence-corrected chi connectivity index (χ4v) is 3.92. The molecule has 0 saturated carbocycles. The molecule has 1 saturated heterocycles. The van der Waals surface area contributed by atoms with Crippen molar-refractivity contribution in [3.8, 4) is 0 Å². The van der Waals surface area contributed by atoms with Crippen molar-refractivity contribution in [1.82, 2.24) is 30.4 Å². The molecule has 0 radical (unpaired) electrons. The Bertz CT molecular complexity index is 710. The van der Waals surface area contributed by atoms with E-state index in [1.54, 1.807) is 4.68 Å². The standard InChI is InChI=1S/C15H21ClN6O2S/c1-10-6-21(7-11(2)24-10)8-14-18-19-20-22(14)9-15(23)17-5-12-3-4-13(16)25-12/h3-4,10-11H,5-9H2,1-2H3,(H,17,23)/t10-,11+. The smallest absolute Gasteiger partial charge is 0.242 e. The number of carbonyl (C=O) groups is 1. The zero-order valence-electron chi connectivity index (χ0n) is 14.2. The van der Waals surface area contributed by atoms with Gasteiger partial charge in [0.25, 0.3) is 0 Å². The molecular weight excluding hydrogens is 364 g/mol. The van der Waals surface area contributed by atoms with Gasteiger partial charge in [-0.3, -0.25) is 9.69 Å². The predicted octanol–water partition coefficient (Wildman–Crippen LogP) is 1.31. The fourth-order valence-electron chi connectivity index (χ4n) is 2.90. The van der Waals surface area contributed by atoms with Crippen molar-refractivity contribution in [2.75, 3.05) is 13.1 Å². The molecule has 1 fully saturated rings. The van der Waals surface area contributed by atoms with Gasteiger partial charge >= 0.3 is 0 Å². The molecule has 1 aliphatic heterocycles. The predicted molar refractivity (Wildman–Crippen MR) is 94.3 cm³/mol. The molecule has 3 heterocycles. The number of hydrogen-bond donors (Lipinski definition) is 1. The van der Waals surface area contributed by atoms with Gasteiger partial charge in [-0.15, -0.1) is 16.4 Å². The molecule has 0 bridgehead atoms. The van der Waals surface area contributed by atoms with Gasteiger partial charge in [-0.25, -0.2) is 4.68 Å². The second-order valence-electron chi connectivity index (χ2n) is 6.19. The van der Waals surface area contributed by atoms with Crippen LogP contribution in [0.2, 0.25) is 4.34 Å². The molecule has 0 unspecified atom stereocenters. The van der Waals surface area contributed by atoms with Crippen molar-refractivity contribution in [2.45, 2.75) is 45.7 Å². The lowest BCUT2D eigenvalue weighted by molar-refractivity contribution is -0.122. The third kappa shape index (κ3) is 5.21. The summed E-state index contributed by atoms with van der Waals surface area (Å²) in [4.78, 5) is 15.4. The van der Waals surface area contributed by atoms with Crippen LogP contribution in [-0.2, 0) is 29.2 Å². The van der Waals surface area contributed by atoms with Crippen LogP contribution in [0.5, 0.6) is 0 Å². The first-order valence-electron chi connectivity index (χ1n) is 8.13. The summed E-state index contributed by atoms with van der Waals surface area (Å²) < 4.78 is 7.99. The molecule has 0 aliphatic carbocycles. The number of amides is 1. The van der Waals surface area contributed by atoms with Crippen LogP contribution in [-0.4, -0.2) is 56.3 Å². The maximum atomic E-state index is 12.1. The third-order valence-corrected chi connectivity index (χ3v) is 5.08. The van der Waals surface area contributed by atoms with Gasteiger partial charge < -0.3 is 10.1 Å². The van der Waals surface area contributed by atoms with Gasteiger partial charge in [-0.2, -0.15) is 0 Å². The van der Waals surface area contributed by atoms with E-state index in [1.807, 2.05) is 12.1 Å². The van der Waals surface area contributed by atoms with Crippen molar-refractivity contribution in [1.29, 1.82) is 0 Å². The Kier molecular flexibility index (Phi) is 6.00. The molecule has 1 N–H and O–H groups in total. The molecular formula is C15H21ClN6O2S. The summed E-state index contributed by atoms with van der Waals surface area (Å²) in [5, 5.41) is 14.6. The van der Waals surface area contributed by atoms with Gasteiger partial charge in [-0.1, -0.05) is 11.6 Å². The second-order valence-corrected chi connectivity index (χ2v) is 7.99. The highest BCUT2D eigenvalue weighted by molar-refractivity contribution is 7.16. The number of aromatic nitrogens is 4. The van der Waals surface area contributed by atoms with Gasteiger partial charge in [0.2, 0.25) is 5.91 Å². The summed E-state index contributed by atoms with van der Waals surface area (Å²) in [6, 6.07) is 3.72. The number of nitrogens with zero attached hydrogens (tertiary/aromatic N) is 5. The van der Waals surface area contributed by atoms with Crippen LogP contribution in [0, 0.1) is 0 Å². The summed E-state index contributed by atoms with van der Waals surface area (Å²) in [6.45, 7) is 6.89. The number of nitrogens with one attached hydrogen (secondary N) is 1. The molecule has 0 aromatic carbocycles. The maximum absolute atomic E-state index is 12.1. The summed E-state index contributed by atoms with van der Waals surface area (Å²) >= 11 is 7.34. The Morgan fingerprint density at radius 1 is 1.40 bits per heavy atom. The summed E-state index contributed by atoms with van der Waals surface area (Å²) in [7, 11) is 0. The first-order chi connectivity index (χ1) is 12.0. The maximum Gasteiger partial charge on any atom is 0.242 e. The Hall–Kier alpha value is -1.55. The number of thiophene rings is 1. The monoisotopic (exact) mass is 384 g/mol. The van der Waals surface area contributed by atoms with Gasteiger partial charge in [0, 0.05) is 18.0 Å². The molecule has 8 nitrogen and oxygen atoms in total. The van der Waals surface area contributed by atoms with E-state index in [2.05, 4.69) is 39.6 Å². The van der Waals surface area contributed by atoms with Gasteiger partial charge in [0.15, 0.2) is 5.82 Å². The molecule has 2 aromatic heterocycles. The summed E-state index contributed by atoms with van der Waals surface area (Å²) in [5.41, 5.74) is 0. The van der Waals surface area contributed by atoms with Gasteiger partial charge in [-0.05, 0) is 36.4 Å². The molecule has 136 valence electrons. The van der Waals surface area contributed by atoms with E-state index in [4.69, 9.17) is 16.3 Å². The quantitative estimate of drug-likeness (QED) is 0.808. The highest BCUT2D eigenvalue weighted by Crippen LogP contribution is 2.21. The van der Waals surface area contributed by atoms with E-state index in [1.165, 1.54) is 11.3 Å². The molecule has 2 atom stereocenters. The topological polar surface area (TPSA) is 85.2 Å². The van der Waals surface area contributed by atoms with E-state index in [-0.39, 0.29) is 24.7 Å². The zero-order chi connectivity index (χ0) is 17.8. The second kappa shape index (κ2) is 8.22. The zero-order valence-corrected chi connectivity index (χ0v) is 15.8. The van der Waals surface area contributed by atoms with Crippen LogP contribution in [0.4, 0.5) is 0 Å². The Morgan fingerprint density at radius 3 is 2.84 bits per heavy atom. The number of carbonyl (C=O) groups excluding carboxylic acids is 1. The molecule has 3 rings (SSSR count). The van der Waals surface area contributed by atoms with Gasteiger partial charge in [0.05, 0.1) is 29.6 Å². The van der Waals surface area contributed by atoms with Crippen LogP contribution in [0.1, 0.15) is 24.5 Å². The van der Waals surface area contributed by atoms with Crippen LogP contribution in [0.15, 0.2) is 12.1 Å². The normalized spacial score (nSPS) is 21.4. The number of tetrazole rings is 1. The fraction of sp³-hybridized carbons (Fsp3) is 0.600. The van der Waals surface area contributed by atoms with Crippen molar-refractivity contribution in [2.24, 2.45) is 0 Å². The average molecular weight is 385 g/mol. The highest BCUT2D eigenvalue weighted by atomic mass is 35.5. The number of morpholine rings is 1. The minimum absolute atomic E-state index is 0.0941. The lowest BCUT2D eigenvalue weighted by Crippen LogP contribution is -2.45. The third-order valence-electron chi connectivity index (χ3n) is 3.85. The molecule has 10 heteroatoms. The van der Waals surface area contributed by atoms with Crippen molar-refractivity contribution < 1.29 is 9.53 Å². The average Bonchev–Trinajstić information content (AvgIpc) is 3.14. The van der Waals surface area contributed by atoms with Crippen molar-refractivity contribution in [3.63, 3.8) is 0 Å². The van der Waals surface area contributed by atoms with E-state index in [0.29, 0.717) is 23.3 Å². The Morgan fingerprint density at radius 2 is 2.16 bits per heavy atom.